The molecule has 0 fully saturated rings. The number of hydrogen-bond donors (Lipinski definition) is 0. The first-order chi connectivity index (χ1) is 28.1. The molecule has 0 saturated heterocycles. The number of thiophene rings is 1. The molecule has 5 heteroatoms. The lowest BCUT2D eigenvalue weighted by Crippen LogP contribution is -2.02. The molecule has 234 valence electrons. The molecule has 3 aromatic heterocycles. The van der Waals surface area contributed by atoms with Gasteiger partial charge in [-0.05, 0) is 53.5 Å². The van der Waals surface area contributed by atoms with Crippen LogP contribution in [-0.4, -0.2) is 19.5 Å². The van der Waals surface area contributed by atoms with E-state index in [2.05, 4.69) is 18.2 Å². The van der Waals surface area contributed by atoms with Crippen LogP contribution < -0.4 is 0 Å². The molecule has 4 nitrogen and oxygen atoms in total. The van der Waals surface area contributed by atoms with Crippen LogP contribution in [0.15, 0.2) is 170 Å². The number of rotatable bonds is 5. The summed E-state index contributed by atoms with van der Waals surface area (Å²) in [4.78, 5) is 15.2. The fourth-order valence-electron chi connectivity index (χ4n) is 6.61. The van der Waals surface area contributed by atoms with Crippen molar-refractivity contribution in [3.8, 4) is 51.0 Å². The Kier molecular flexibility index (Phi) is 5.00. The molecule has 0 N–H and O–H groups in total. The van der Waals surface area contributed by atoms with E-state index in [0.29, 0.717) is 28.7 Å². The van der Waals surface area contributed by atoms with Gasteiger partial charge < -0.3 is 4.57 Å². The highest BCUT2D eigenvalue weighted by Crippen LogP contribution is 2.40. The van der Waals surface area contributed by atoms with Crippen LogP contribution in [0.1, 0.15) is 11.0 Å². The van der Waals surface area contributed by atoms with E-state index in [0.717, 1.165) is 42.4 Å². The second kappa shape index (κ2) is 11.6. The largest absolute Gasteiger partial charge is 0.309 e. The highest BCUT2D eigenvalue weighted by Gasteiger charge is 2.19. The van der Waals surface area contributed by atoms with Crippen molar-refractivity contribution in [2.24, 2.45) is 0 Å². The predicted octanol–water partition coefficient (Wildman–Crippen LogP) is 12.0. The van der Waals surface area contributed by atoms with Crippen molar-refractivity contribution in [3.63, 3.8) is 0 Å². The molecule has 10 rings (SSSR count). The molecule has 0 radical (unpaired) electrons. The summed E-state index contributed by atoms with van der Waals surface area (Å²) in [5.41, 5.74) is 4.18. The summed E-state index contributed by atoms with van der Waals surface area (Å²) in [6.07, 6.45) is 0. The van der Waals surface area contributed by atoms with Gasteiger partial charge >= 0.3 is 0 Å². The molecule has 0 bridgehead atoms. The lowest BCUT2D eigenvalue weighted by atomic mass is 10.0. The molecule has 10 aromatic rings. The minimum Gasteiger partial charge on any atom is -0.309 e. The summed E-state index contributed by atoms with van der Waals surface area (Å²) in [5.74, 6) is 1.25. The number of benzene rings is 7. The summed E-state index contributed by atoms with van der Waals surface area (Å²) in [6, 6.07) is 35.7. The molecular weight excluding hydrogens is 629 g/mol. The minimum atomic E-state index is -0.498. The second-order valence-electron chi connectivity index (χ2n) is 11.9. The maximum Gasteiger partial charge on any atom is 0.165 e. The second-order valence-corrected chi connectivity index (χ2v) is 12.9. The van der Waals surface area contributed by atoms with Gasteiger partial charge in [0.15, 0.2) is 17.5 Å². The van der Waals surface area contributed by atoms with Gasteiger partial charge in [-0.15, -0.1) is 11.3 Å². The first-order valence-corrected chi connectivity index (χ1v) is 16.9. The van der Waals surface area contributed by atoms with Gasteiger partial charge in [0.1, 0.15) is 0 Å². The minimum absolute atomic E-state index is 0.00454. The molecular formula is C45H28N4S. The maximum absolute atomic E-state index is 9.13. The summed E-state index contributed by atoms with van der Waals surface area (Å²) < 4.78 is 74.2. The number of para-hydroxylation sites is 2. The molecule has 0 aliphatic heterocycles. The number of aromatic nitrogens is 4. The van der Waals surface area contributed by atoms with E-state index in [9.17, 15) is 0 Å². The highest BCUT2D eigenvalue weighted by atomic mass is 32.1. The van der Waals surface area contributed by atoms with Gasteiger partial charge in [0, 0.05) is 53.3 Å². The van der Waals surface area contributed by atoms with E-state index in [4.69, 9.17) is 25.9 Å². The topological polar surface area (TPSA) is 43.6 Å². The monoisotopic (exact) mass is 664 g/mol. The van der Waals surface area contributed by atoms with E-state index in [1.807, 2.05) is 97.1 Å². The van der Waals surface area contributed by atoms with E-state index < -0.39 is 36.3 Å². The van der Waals surface area contributed by atoms with Crippen LogP contribution in [0, 0.1) is 0 Å². The van der Waals surface area contributed by atoms with Crippen LogP contribution in [0.4, 0.5) is 0 Å². The molecule has 3 heterocycles. The zero-order valence-electron chi connectivity index (χ0n) is 34.2. The zero-order chi connectivity index (χ0) is 40.0. The number of fused-ring (bicyclic) bond motifs is 6. The third kappa shape index (κ3) is 4.71. The van der Waals surface area contributed by atoms with Crippen molar-refractivity contribution in [1.82, 2.24) is 19.5 Å². The molecule has 50 heavy (non-hydrogen) atoms. The third-order valence-corrected chi connectivity index (χ3v) is 10.1. The van der Waals surface area contributed by atoms with E-state index in [1.54, 1.807) is 17.4 Å². The van der Waals surface area contributed by atoms with Gasteiger partial charge in [-0.2, -0.15) is 0 Å². The normalized spacial score (nSPS) is 13.8. The smallest absolute Gasteiger partial charge is 0.165 e. The summed E-state index contributed by atoms with van der Waals surface area (Å²) in [5, 5.41) is 2.24. The van der Waals surface area contributed by atoms with Crippen LogP contribution >= 0.6 is 11.3 Å². The molecule has 7 aromatic carbocycles. The third-order valence-electron chi connectivity index (χ3n) is 8.89. The van der Waals surface area contributed by atoms with Gasteiger partial charge in [0.2, 0.25) is 0 Å². The Hall–Kier alpha value is -6.43. The van der Waals surface area contributed by atoms with Gasteiger partial charge in [-0.3, -0.25) is 0 Å². The quantitative estimate of drug-likeness (QED) is 0.184. The Morgan fingerprint density at radius 2 is 1.04 bits per heavy atom. The fourth-order valence-corrected chi connectivity index (χ4v) is 7.82. The first kappa shape index (κ1) is 21.5. The zero-order valence-corrected chi connectivity index (χ0v) is 27.1. The maximum atomic E-state index is 9.13. The lowest BCUT2D eigenvalue weighted by Gasteiger charge is -2.14. The van der Waals surface area contributed by atoms with Crippen LogP contribution in [-0.2, 0) is 0 Å². The van der Waals surface area contributed by atoms with Crippen LogP contribution in [0.2, 0.25) is 0 Å². The van der Waals surface area contributed by atoms with Crippen molar-refractivity contribution in [2.45, 2.75) is 0 Å². The Morgan fingerprint density at radius 1 is 0.460 bits per heavy atom. The molecule has 0 aliphatic carbocycles. The van der Waals surface area contributed by atoms with Crippen molar-refractivity contribution < 1.29 is 11.0 Å². The van der Waals surface area contributed by atoms with Crippen molar-refractivity contribution in [1.29, 1.82) is 0 Å². The number of nitrogens with zero attached hydrogens (tertiary/aromatic N) is 4. The van der Waals surface area contributed by atoms with Crippen molar-refractivity contribution in [3.05, 3.63) is 170 Å². The summed E-state index contributed by atoms with van der Waals surface area (Å²) >= 11 is 1.67. The highest BCUT2D eigenvalue weighted by molar-refractivity contribution is 7.26. The molecule has 0 aliphatic rings. The van der Waals surface area contributed by atoms with Crippen LogP contribution in [0.5, 0.6) is 0 Å². The summed E-state index contributed by atoms with van der Waals surface area (Å²) in [7, 11) is 0. The van der Waals surface area contributed by atoms with E-state index in [1.165, 1.54) is 4.57 Å². The van der Waals surface area contributed by atoms with E-state index >= 15 is 0 Å². The van der Waals surface area contributed by atoms with Crippen molar-refractivity contribution >= 4 is 53.3 Å². The molecule has 0 atom stereocenters. The van der Waals surface area contributed by atoms with Crippen molar-refractivity contribution in [2.75, 3.05) is 0 Å². The summed E-state index contributed by atoms with van der Waals surface area (Å²) in [6.45, 7) is 0. The Labute approximate surface area is 303 Å². The van der Waals surface area contributed by atoms with E-state index in [-0.39, 0.29) is 33.9 Å². The SMILES string of the molecule is [2H]c1c([2H])c([2H])c2c(c1[2H])c1c([2H])c([2H])c([2H])c([2H])c1n2-c1cc(-c2ccccc2)cc(-c2nc(-c3ccccc3)nc(-c3cccc4c3sc3ccccc34)n2)c1. The first-order valence-electron chi connectivity index (χ1n) is 20.0. The predicted molar refractivity (Wildman–Crippen MR) is 209 cm³/mol. The standard InChI is InChI=1S/C45H28N4S/c1-3-14-29(15-4-1)31-26-32(28-33(27-31)49-39-23-10-7-18-34(39)35-19-8-11-24-40(35)49)44-46-43(30-16-5-2-6-17-30)47-45(48-44)38-22-13-21-37-36-20-9-12-25-41(36)50-42(37)38/h1-28H/i7D,8D,10D,11D,18D,19D,23D,24D. The van der Waals surface area contributed by atoms with Gasteiger partial charge in [-0.25, -0.2) is 15.0 Å². The lowest BCUT2D eigenvalue weighted by molar-refractivity contribution is 1.07. The number of hydrogen-bond acceptors (Lipinski definition) is 4. The Bertz CT molecular complexity index is 3250. The van der Waals surface area contributed by atoms with Gasteiger partial charge in [0.05, 0.1) is 22.0 Å². The molecule has 0 saturated carbocycles. The Morgan fingerprint density at radius 3 is 1.78 bits per heavy atom. The average Bonchev–Trinajstić information content (AvgIpc) is 3.84. The van der Waals surface area contributed by atoms with Crippen LogP contribution in [0.3, 0.4) is 0 Å². The molecule has 0 spiro atoms. The Balaban J connectivity index is 1.32. The molecule has 0 unspecified atom stereocenters. The molecule has 0 amide bonds. The van der Waals surface area contributed by atoms with Gasteiger partial charge in [-0.1, -0.05) is 127 Å². The fraction of sp³-hybridized carbons (Fsp3) is 0. The average molecular weight is 665 g/mol. The van der Waals surface area contributed by atoms with Gasteiger partial charge in [0.25, 0.3) is 0 Å². The van der Waals surface area contributed by atoms with Crippen LogP contribution in [0.25, 0.3) is 93.0 Å².